The number of fused-ring (bicyclic) bond motifs is 5. The van der Waals surface area contributed by atoms with Gasteiger partial charge in [-0.3, -0.25) is 4.79 Å². The van der Waals surface area contributed by atoms with Gasteiger partial charge in [0.25, 0.3) is 0 Å². The number of Topliss-reactive ketones (excluding diaryl/α,β-unsaturated/α-hetero) is 1. The monoisotopic (exact) mass is 768 g/mol. The van der Waals surface area contributed by atoms with Gasteiger partial charge >= 0.3 is 0 Å². The van der Waals surface area contributed by atoms with Crippen LogP contribution in [-0.4, -0.2) is 151 Å². The Morgan fingerprint density at radius 2 is 1.30 bits per heavy atom. The molecule has 1 unspecified atom stereocenters. The molecule has 306 valence electrons. The summed E-state index contributed by atoms with van der Waals surface area (Å²) in [5.74, 6) is 1.53. The third-order valence-corrected chi connectivity index (χ3v) is 14.3. The van der Waals surface area contributed by atoms with Crippen LogP contribution in [0.15, 0.2) is 23.3 Å². The van der Waals surface area contributed by atoms with E-state index in [9.17, 15) is 45.6 Å². The average Bonchev–Trinajstić information content (AvgIpc) is 3.50. The highest BCUT2D eigenvalue weighted by Crippen LogP contribution is 2.65. The lowest BCUT2D eigenvalue weighted by Gasteiger charge is -2.58. The lowest BCUT2D eigenvalue weighted by atomic mass is 9.47. The second kappa shape index (κ2) is 15.4. The fourth-order valence-electron chi connectivity index (χ4n) is 11.1. The minimum absolute atomic E-state index is 0.0538. The highest BCUT2D eigenvalue weighted by Gasteiger charge is 2.59. The van der Waals surface area contributed by atoms with Crippen LogP contribution < -0.4 is 0 Å². The quantitative estimate of drug-likeness (QED) is 0.152. The summed E-state index contributed by atoms with van der Waals surface area (Å²) in [6.45, 7) is 8.62. The molecule has 3 heterocycles. The van der Waals surface area contributed by atoms with Gasteiger partial charge in [0.15, 0.2) is 24.7 Å². The lowest BCUT2D eigenvalue weighted by Crippen LogP contribution is -2.66. The van der Waals surface area contributed by atoms with E-state index in [0.29, 0.717) is 30.6 Å². The number of hydrogen-bond acceptors (Lipinski definition) is 15. The predicted octanol–water partition coefficient (Wildman–Crippen LogP) is -0.0368. The van der Waals surface area contributed by atoms with E-state index in [2.05, 4.69) is 26.0 Å². The Kier molecular flexibility index (Phi) is 11.6. The molecule has 0 aromatic carbocycles. The minimum atomic E-state index is -1.71. The molecule has 3 aliphatic heterocycles. The van der Waals surface area contributed by atoms with E-state index >= 15 is 0 Å². The van der Waals surface area contributed by atoms with Crippen LogP contribution in [0, 0.1) is 28.6 Å². The molecule has 15 nitrogen and oxygen atoms in total. The number of carbonyl (C=O) groups excluding carboxylic acids is 1. The topological polar surface area (TPSA) is 234 Å². The number of allylic oxidation sites excluding steroid dienone is 3. The molecule has 8 N–H and O–H groups in total. The van der Waals surface area contributed by atoms with Crippen molar-refractivity contribution in [2.75, 3.05) is 6.61 Å². The maximum atomic E-state index is 12.5. The smallest absolute Gasteiger partial charge is 0.187 e. The fourth-order valence-corrected chi connectivity index (χ4v) is 11.1. The first-order valence-corrected chi connectivity index (χ1v) is 19.7. The summed E-state index contributed by atoms with van der Waals surface area (Å²) in [6, 6.07) is 0. The summed E-state index contributed by atoms with van der Waals surface area (Å²) in [6.07, 6.45) is -11.4. The van der Waals surface area contributed by atoms with Crippen molar-refractivity contribution in [2.45, 2.75) is 178 Å². The molecule has 0 amide bonds. The number of aliphatic hydroxyl groups excluding tert-OH is 8. The van der Waals surface area contributed by atoms with Gasteiger partial charge in [-0.2, -0.15) is 0 Å². The molecule has 0 bridgehead atoms. The van der Waals surface area contributed by atoms with Gasteiger partial charge in [0.1, 0.15) is 61.0 Å². The lowest BCUT2D eigenvalue weighted by molar-refractivity contribution is -0.388. The maximum Gasteiger partial charge on any atom is 0.187 e. The second-order valence-electron chi connectivity index (χ2n) is 17.4. The van der Waals surface area contributed by atoms with Crippen molar-refractivity contribution in [3.63, 3.8) is 0 Å². The van der Waals surface area contributed by atoms with Gasteiger partial charge in [0, 0.05) is 0 Å². The van der Waals surface area contributed by atoms with Crippen LogP contribution in [0.1, 0.15) is 79.6 Å². The standard InChI is InChI=1S/C39H60O15/c1-16(41)22-8-9-23-21-7-6-19-14-20(10-12-38(19,4)24(21)11-13-39(22,23)5)51-37-34(54-36-31(47)29(45)27(43)18(3)50-36)32(48)33(25(15-40)52-37)53-35-30(46)28(44)26(42)17(2)49-35/h6,8,17-18,20-21,23-37,40,42-48H,7,9-15H2,1-5H3/t17-,18-,20-,21-,23-,24-,25+,26-,27-,28+,29+,30+,31+,32-,33+,34+,35-,36-,37+,38-,39?/m0/s1. The first kappa shape index (κ1) is 40.8. The van der Waals surface area contributed by atoms with Gasteiger partial charge in [0.2, 0.25) is 0 Å². The Labute approximate surface area is 315 Å². The van der Waals surface area contributed by atoms with Crippen molar-refractivity contribution in [2.24, 2.45) is 28.6 Å². The molecule has 0 spiro atoms. The molecule has 21 atom stereocenters. The fraction of sp³-hybridized carbons (Fsp3) is 0.872. The van der Waals surface area contributed by atoms with Crippen LogP contribution in [0.2, 0.25) is 0 Å². The van der Waals surface area contributed by atoms with Crippen LogP contribution in [-0.2, 0) is 33.2 Å². The van der Waals surface area contributed by atoms with Crippen LogP contribution >= 0.6 is 0 Å². The zero-order chi connectivity index (χ0) is 39.0. The Morgan fingerprint density at radius 3 is 1.89 bits per heavy atom. The largest absolute Gasteiger partial charge is 0.394 e. The normalized spacial score (nSPS) is 53.5. The number of ketones is 1. The summed E-state index contributed by atoms with van der Waals surface area (Å²) in [5.41, 5.74) is 2.14. The molecule has 5 fully saturated rings. The zero-order valence-corrected chi connectivity index (χ0v) is 31.7. The summed E-state index contributed by atoms with van der Waals surface area (Å²) in [5, 5.41) is 85.2. The highest BCUT2D eigenvalue weighted by atomic mass is 16.8. The molecule has 0 aromatic heterocycles. The van der Waals surface area contributed by atoms with Gasteiger partial charge < -0.3 is 69.3 Å². The Morgan fingerprint density at radius 1 is 0.704 bits per heavy atom. The van der Waals surface area contributed by atoms with E-state index in [1.807, 2.05) is 0 Å². The maximum absolute atomic E-state index is 12.5. The summed E-state index contributed by atoms with van der Waals surface area (Å²) < 4.78 is 36.2. The number of rotatable bonds is 8. The van der Waals surface area contributed by atoms with Gasteiger partial charge in [-0.15, -0.1) is 0 Å². The Bertz CT molecular complexity index is 1440. The molecule has 15 heteroatoms. The number of ether oxygens (including phenoxy) is 6. The van der Waals surface area contributed by atoms with Crippen LogP contribution in [0.5, 0.6) is 0 Å². The van der Waals surface area contributed by atoms with E-state index in [1.165, 1.54) is 19.4 Å². The van der Waals surface area contributed by atoms with E-state index in [1.54, 1.807) is 6.92 Å². The second-order valence-corrected chi connectivity index (χ2v) is 17.4. The zero-order valence-electron chi connectivity index (χ0n) is 31.7. The van der Waals surface area contributed by atoms with Crippen molar-refractivity contribution >= 4 is 5.78 Å². The van der Waals surface area contributed by atoms with Crippen molar-refractivity contribution in [3.8, 4) is 0 Å². The van der Waals surface area contributed by atoms with Gasteiger partial charge in [0.05, 0.1) is 24.9 Å². The van der Waals surface area contributed by atoms with Crippen LogP contribution in [0.3, 0.4) is 0 Å². The van der Waals surface area contributed by atoms with Gasteiger partial charge in [-0.05, 0) is 99.9 Å². The number of carbonyl (C=O) groups is 1. The predicted molar refractivity (Wildman–Crippen MR) is 187 cm³/mol. The molecule has 3 saturated heterocycles. The molecule has 7 rings (SSSR count). The molecule has 7 aliphatic rings. The Hall–Kier alpha value is -1.41. The van der Waals surface area contributed by atoms with Gasteiger partial charge in [-0.25, -0.2) is 0 Å². The first-order chi connectivity index (χ1) is 25.5. The molecule has 0 aromatic rings. The summed E-state index contributed by atoms with van der Waals surface area (Å²) in [4.78, 5) is 12.5. The third kappa shape index (κ3) is 6.87. The summed E-state index contributed by atoms with van der Waals surface area (Å²) >= 11 is 0. The molecular formula is C39H60O15. The number of aliphatic hydroxyl groups is 8. The van der Waals surface area contributed by atoms with Gasteiger partial charge in [-0.1, -0.05) is 31.6 Å². The number of hydrogen-bond donors (Lipinski definition) is 8. The van der Waals surface area contributed by atoms with Crippen molar-refractivity contribution in [1.82, 2.24) is 0 Å². The molecule has 54 heavy (non-hydrogen) atoms. The van der Waals surface area contributed by atoms with E-state index in [-0.39, 0.29) is 22.7 Å². The van der Waals surface area contributed by atoms with Crippen LogP contribution in [0.25, 0.3) is 0 Å². The van der Waals surface area contributed by atoms with E-state index in [0.717, 1.165) is 37.7 Å². The van der Waals surface area contributed by atoms with Crippen molar-refractivity contribution in [1.29, 1.82) is 0 Å². The van der Waals surface area contributed by atoms with E-state index in [4.69, 9.17) is 28.4 Å². The highest BCUT2D eigenvalue weighted by molar-refractivity contribution is 5.95. The molecule has 0 radical (unpaired) electrons. The Balaban J connectivity index is 1.10. The first-order valence-electron chi connectivity index (χ1n) is 19.7. The molecular weight excluding hydrogens is 708 g/mol. The third-order valence-electron chi connectivity index (χ3n) is 14.3. The SMILES string of the molecule is CC(=O)C1=CC[C@H]2[C@@H]3CC=C4C[C@@H](O[C@@H]5O[C@H](CO)[C@@H](O[C@@H]6O[C@@H](C)[C@H](O)[C@@H](O)[C@H]6O)[C@H](O)[C@H]5O[C@@H]5O[C@@H](C)[C@H](O)[C@@H](O)[C@H]5O)CC[C@]4(C)[C@H]3CCC12C. The average molecular weight is 769 g/mol. The van der Waals surface area contributed by atoms with Crippen molar-refractivity contribution in [3.05, 3.63) is 23.3 Å². The summed E-state index contributed by atoms with van der Waals surface area (Å²) in [7, 11) is 0. The van der Waals surface area contributed by atoms with E-state index < -0.39 is 98.7 Å². The minimum Gasteiger partial charge on any atom is -0.394 e. The molecule has 2 saturated carbocycles. The van der Waals surface area contributed by atoms with Crippen LogP contribution in [0.4, 0.5) is 0 Å². The molecule has 4 aliphatic carbocycles. The van der Waals surface area contributed by atoms with Crippen molar-refractivity contribution < 1.29 is 74.1 Å².